The first-order valence-corrected chi connectivity index (χ1v) is 9.26. The Kier molecular flexibility index (Phi) is 28.4. The van der Waals surface area contributed by atoms with Gasteiger partial charge in [-0.2, -0.15) is 0 Å². The molecule has 0 saturated heterocycles. The third-order valence-corrected chi connectivity index (χ3v) is 3.77. The molecule has 0 N–H and O–H groups in total. The summed E-state index contributed by atoms with van der Waals surface area (Å²) >= 11 is 1.67. The van der Waals surface area contributed by atoms with E-state index in [1.54, 1.807) is 40.0 Å². The van der Waals surface area contributed by atoms with Gasteiger partial charge in [0.25, 0.3) is 0 Å². The molecule has 0 aromatic rings. The normalized spacial score (nSPS) is 10.9. The van der Waals surface area contributed by atoms with Crippen molar-refractivity contribution in [1.82, 2.24) is 9.80 Å². The predicted molar refractivity (Wildman–Crippen MR) is 123 cm³/mol. The Bertz CT molecular complexity index is 384. The standard InChI is InChI=1S/2C5H12N2.C4H9NS.C4H9N/c2*1-5(6-2)7(3)4;1-4(5-2)6-3;1-4(2)5-3/h2*1-4H3;1-3H3;1-3H3. The summed E-state index contributed by atoms with van der Waals surface area (Å²) in [6, 6.07) is 0. The molecule has 6 nitrogen and oxygen atoms in total. The maximum absolute atomic E-state index is 3.93. The van der Waals surface area contributed by atoms with Gasteiger partial charge in [0.2, 0.25) is 0 Å². The van der Waals surface area contributed by atoms with E-state index in [1.165, 1.54) is 0 Å². The van der Waals surface area contributed by atoms with Crippen LogP contribution in [0.3, 0.4) is 0 Å². The molecule has 0 aromatic carbocycles. The lowest BCUT2D eigenvalue weighted by Crippen LogP contribution is -2.17. The Morgan fingerprint density at radius 3 is 0.880 bits per heavy atom. The van der Waals surface area contributed by atoms with Crippen LogP contribution < -0.4 is 0 Å². The lowest BCUT2D eigenvalue weighted by Gasteiger charge is -2.08. The third-order valence-electron chi connectivity index (χ3n) is 3.00. The number of thioether (sulfide) groups is 1. The molecule has 25 heavy (non-hydrogen) atoms. The summed E-state index contributed by atoms with van der Waals surface area (Å²) in [5.74, 6) is 2.11. The third kappa shape index (κ3) is 34.8. The highest BCUT2D eigenvalue weighted by Crippen LogP contribution is 1.93. The molecular weight excluding hydrogens is 332 g/mol. The predicted octanol–water partition coefficient (Wildman–Crippen LogP) is 3.69. The summed E-state index contributed by atoms with van der Waals surface area (Å²) in [5, 5.41) is 1.13. The van der Waals surface area contributed by atoms with Crippen LogP contribution in [0, 0.1) is 0 Å². The molecule has 0 aliphatic carbocycles. The molecule has 0 unspecified atom stereocenters. The molecule has 7 heteroatoms. The molecule has 0 aliphatic rings. The van der Waals surface area contributed by atoms with E-state index >= 15 is 0 Å². The fourth-order valence-electron chi connectivity index (χ4n) is 0.491. The van der Waals surface area contributed by atoms with E-state index in [-0.39, 0.29) is 0 Å². The Morgan fingerprint density at radius 1 is 0.600 bits per heavy atom. The molecule has 0 aromatic heterocycles. The zero-order valence-electron chi connectivity index (χ0n) is 19.1. The van der Waals surface area contributed by atoms with E-state index in [0.29, 0.717) is 0 Å². The maximum atomic E-state index is 3.93. The van der Waals surface area contributed by atoms with Crippen molar-refractivity contribution in [2.24, 2.45) is 20.0 Å². The average molecular weight is 375 g/mol. The van der Waals surface area contributed by atoms with E-state index in [1.807, 2.05) is 78.9 Å². The summed E-state index contributed by atoms with van der Waals surface area (Å²) in [6.45, 7) is 9.88. The molecule has 0 atom stereocenters. The highest BCUT2D eigenvalue weighted by Gasteiger charge is 1.85. The second kappa shape index (κ2) is 22.6. The van der Waals surface area contributed by atoms with E-state index in [9.17, 15) is 0 Å². The molecule has 0 amide bonds. The highest BCUT2D eigenvalue weighted by atomic mass is 32.2. The van der Waals surface area contributed by atoms with Crippen LogP contribution in [0.15, 0.2) is 20.0 Å². The Labute approximate surface area is 161 Å². The van der Waals surface area contributed by atoms with Gasteiger partial charge in [-0.15, -0.1) is 11.8 Å². The summed E-state index contributed by atoms with van der Waals surface area (Å²) in [6.07, 6.45) is 2.02. The fraction of sp³-hybridized carbons (Fsp3) is 0.778. The molecule has 0 heterocycles. The van der Waals surface area contributed by atoms with Crippen LogP contribution in [-0.2, 0) is 0 Å². The number of nitrogens with zero attached hydrogens (tertiary/aromatic N) is 6. The van der Waals surface area contributed by atoms with Crippen LogP contribution in [0.4, 0.5) is 0 Å². The van der Waals surface area contributed by atoms with Gasteiger partial charge in [0, 0.05) is 62.1 Å². The zero-order valence-corrected chi connectivity index (χ0v) is 19.9. The largest absolute Gasteiger partial charge is 0.367 e. The molecule has 0 fully saturated rings. The van der Waals surface area contributed by atoms with Gasteiger partial charge >= 0.3 is 0 Å². The molecule has 0 rings (SSSR count). The molecule has 0 radical (unpaired) electrons. The van der Waals surface area contributed by atoms with E-state index < -0.39 is 0 Å². The minimum atomic E-state index is 1.06. The van der Waals surface area contributed by atoms with Crippen LogP contribution in [-0.4, -0.2) is 94.9 Å². The van der Waals surface area contributed by atoms with Gasteiger partial charge in [0.15, 0.2) is 0 Å². The van der Waals surface area contributed by atoms with Crippen molar-refractivity contribution < 1.29 is 0 Å². The van der Waals surface area contributed by atoms with Crippen molar-refractivity contribution in [2.45, 2.75) is 34.6 Å². The monoisotopic (exact) mass is 374 g/mol. The summed E-state index contributed by atoms with van der Waals surface area (Å²) < 4.78 is 0. The Hall–Kier alpha value is -1.37. The number of aliphatic imine (C=N–C) groups is 4. The van der Waals surface area contributed by atoms with Crippen molar-refractivity contribution in [3.63, 3.8) is 0 Å². The molecular formula is C18H42N6S. The first kappa shape index (κ1) is 31.4. The fourth-order valence-corrected chi connectivity index (χ4v) is 0.674. The minimum absolute atomic E-state index is 1.06. The van der Waals surface area contributed by atoms with Crippen LogP contribution in [0.1, 0.15) is 34.6 Å². The topological polar surface area (TPSA) is 55.9 Å². The number of rotatable bonds is 0. The second-order valence-electron chi connectivity index (χ2n) is 5.45. The van der Waals surface area contributed by atoms with Gasteiger partial charge in [-0.25, -0.2) is 0 Å². The molecule has 150 valence electrons. The average Bonchev–Trinajstić information content (AvgIpc) is 2.60. The summed E-state index contributed by atoms with van der Waals surface area (Å²) in [5.41, 5.74) is 1.13. The van der Waals surface area contributed by atoms with Gasteiger partial charge in [-0.05, 0) is 40.9 Å². The summed E-state index contributed by atoms with van der Waals surface area (Å²) in [7, 11) is 15.1. The second-order valence-corrected chi connectivity index (χ2v) is 6.45. The minimum Gasteiger partial charge on any atom is -0.367 e. The SMILES string of the molecule is CN=C(C)C.CN=C(C)N(C)C.CN=C(C)N(C)C.CN=C(C)SC. The Balaban J connectivity index is -0.000000119. The van der Waals surface area contributed by atoms with Crippen LogP contribution >= 0.6 is 11.8 Å². The molecule has 0 aliphatic heterocycles. The first-order valence-electron chi connectivity index (χ1n) is 8.03. The van der Waals surface area contributed by atoms with E-state index in [0.717, 1.165) is 22.4 Å². The van der Waals surface area contributed by atoms with Crippen LogP contribution in [0.25, 0.3) is 0 Å². The van der Waals surface area contributed by atoms with Crippen molar-refractivity contribution in [1.29, 1.82) is 0 Å². The molecule has 0 bridgehead atoms. The molecule has 0 saturated carbocycles. The number of hydrogen-bond donors (Lipinski definition) is 0. The Morgan fingerprint density at radius 2 is 0.880 bits per heavy atom. The lowest BCUT2D eigenvalue weighted by atomic mass is 10.5. The quantitative estimate of drug-likeness (QED) is 0.480. The van der Waals surface area contributed by atoms with Crippen molar-refractivity contribution in [3.8, 4) is 0 Å². The first-order chi connectivity index (χ1) is 11.4. The van der Waals surface area contributed by atoms with E-state index in [2.05, 4.69) is 20.0 Å². The van der Waals surface area contributed by atoms with Crippen LogP contribution in [0.5, 0.6) is 0 Å². The van der Waals surface area contributed by atoms with Gasteiger partial charge in [0.05, 0.1) is 16.7 Å². The van der Waals surface area contributed by atoms with Crippen LogP contribution in [0.2, 0.25) is 0 Å². The smallest absolute Gasteiger partial charge is 0.0948 e. The van der Waals surface area contributed by atoms with Gasteiger partial charge in [-0.1, -0.05) is 0 Å². The highest BCUT2D eigenvalue weighted by molar-refractivity contribution is 8.13. The summed E-state index contributed by atoms with van der Waals surface area (Å²) in [4.78, 5) is 19.5. The van der Waals surface area contributed by atoms with Gasteiger partial charge in [-0.3, -0.25) is 20.0 Å². The van der Waals surface area contributed by atoms with Gasteiger partial charge < -0.3 is 9.80 Å². The van der Waals surface area contributed by atoms with Gasteiger partial charge in [0.1, 0.15) is 0 Å². The van der Waals surface area contributed by atoms with Crippen molar-refractivity contribution in [3.05, 3.63) is 0 Å². The molecule has 0 spiro atoms. The van der Waals surface area contributed by atoms with E-state index in [4.69, 9.17) is 0 Å². The lowest BCUT2D eigenvalue weighted by molar-refractivity contribution is 0.617. The number of hydrogen-bond acceptors (Lipinski definition) is 5. The number of amidine groups is 2. The van der Waals surface area contributed by atoms with Crippen molar-refractivity contribution in [2.75, 3.05) is 62.6 Å². The zero-order chi connectivity index (χ0) is 21.0. The van der Waals surface area contributed by atoms with Crippen molar-refractivity contribution >= 4 is 34.2 Å². The maximum Gasteiger partial charge on any atom is 0.0948 e.